The minimum absolute atomic E-state index is 0.00677. The summed E-state index contributed by atoms with van der Waals surface area (Å²) in [7, 11) is 1.94. The molecule has 27 heavy (non-hydrogen) atoms. The Bertz CT molecular complexity index is 878. The van der Waals surface area contributed by atoms with Gasteiger partial charge in [0, 0.05) is 17.0 Å². The smallest absolute Gasteiger partial charge is 0.257 e. The van der Waals surface area contributed by atoms with E-state index < -0.39 is 0 Å². The van der Waals surface area contributed by atoms with E-state index in [1.54, 1.807) is 5.01 Å². The molecule has 0 bridgehead atoms. The number of benzene rings is 2. The normalized spacial score (nSPS) is 16.7. The van der Waals surface area contributed by atoms with Crippen molar-refractivity contribution in [3.63, 3.8) is 0 Å². The molecule has 4 nitrogen and oxygen atoms in total. The van der Waals surface area contributed by atoms with Crippen molar-refractivity contribution in [2.45, 2.75) is 33.2 Å². The number of hydrazone groups is 1. The van der Waals surface area contributed by atoms with Gasteiger partial charge in [0.15, 0.2) is 0 Å². The molecule has 0 aliphatic carbocycles. The van der Waals surface area contributed by atoms with Gasteiger partial charge in [-0.3, -0.25) is 9.69 Å². The average molecular weight is 384 g/mol. The van der Waals surface area contributed by atoms with Crippen molar-refractivity contribution in [3.05, 3.63) is 69.7 Å². The van der Waals surface area contributed by atoms with Gasteiger partial charge >= 0.3 is 0 Å². The van der Waals surface area contributed by atoms with Crippen LogP contribution < -0.4 is 0 Å². The second-order valence-corrected chi connectivity index (χ2v) is 7.58. The molecule has 1 unspecified atom stereocenters. The fourth-order valence-electron chi connectivity index (χ4n) is 3.37. The van der Waals surface area contributed by atoms with Crippen LogP contribution >= 0.6 is 11.6 Å². The van der Waals surface area contributed by atoms with Gasteiger partial charge in [0.25, 0.3) is 5.91 Å². The van der Waals surface area contributed by atoms with Gasteiger partial charge in [0.05, 0.1) is 18.3 Å². The molecular weight excluding hydrogens is 358 g/mol. The zero-order valence-corrected chi connectivity index (χ0v) is 17.1. The predicted octanol–water partition coefficient (Wildman–Crippen LogP) is 4.59. The van der Waals surface area contributed by atoms with Gasteiger partial charge in [-0.1, -0.05) is 60.5 Å². The molecule has 0 saturated carbocycles. The number of halogens is 1. The molecule has 0 aromatic heterocycles. The second-order valence-electron chi connectivity index (χ2n) is 7.18. The number of carbonyl (C=O) groups is 1. The van der Waals surface area contributed by atoms with Gasteiger partial charge in [-0.2, -0.15) is 5.10 Å². The minimum atomic E-state index is -0.103. The summed E-state index contributed by atoms with van der Waals surface area (Å²) in [6.45, 7) is 7.36. The maximum absolute atomic E-state index is 13.0. The third-order valence-corrected chi connectivity index (χ3v) is 5.42. The molecule has 3 rings (SSSR count). The Morgan fingerprint density at radius 3 is 2.70 bits per heavy atom. The van der Waals surface area contributed by atoms with E-state index in [9.17, 15) is 4.79 Å². The Morgan fingerprint density at radius 2 is 2.00 bits per heavy atom. The SMILES string of the molecule is CCN(C)CC(=O)N1N=C(c2ccccc2Cl)CC1c1cc(C)ccc1C. The van der Waals surface area contributed by atoms with Crippen LogP contribution in [0.3, 0.4) is 0 Å². The van der Waals surface area contributed by atoms with Crippen LogP contribution in [0.1, 0.15) is 41.6 Å². The van der Waals surface area contributed by atoms with Crippen LogP contribution in [-0.4, -0.2) is 41.7 Å². The lowest BCUT2D eigenvalue weighted by Crippen LogP contribution is -2.36. The molecule has 2 aromatic rings. The van der Waals surface area contributed by atoms with E-state index in [0.717, 1.165) is 23.4 Å². The van der Waals surface area contributed by atoms with Gasteiger partial charge in [0.2, 0.25) is 0 Å². The first-order valence-electron chi connectivity index (χ1n) is 9.30. The monoisotopic (exact) mass is 383 g/mol. The number of hydrogen-bond donors (Lipinski definition) is 0. The van der Waals surface area contributed by atoms with E-state index in [1.165, 1.54) is 11.1 Å². The van der Waals surface area contributed by atoms with Crippen molar-refractivity contribution in [2.24, 2.45) is 5.10 Å². The van der Waals surface area contributed by atoms with Crippen LogP contribution in [0.2, 0.25) is 5.02 Å². The van der Waals surface area contributed by atoms with Crippen molar-refractivity contribution >= 4 is 23.2 Å². The Balaban J connectivity index is 2.00. The van der Waals surface area contributed by atoms with Crippen LogP contribution in [0.15, 0.2) is 47.6 Å². The number of aryl methyl sites for hydroxylation is 2. The number of carbonyl (C=O) groups excluding carboxylic acids is 1. The number of nitrogens with zero attached hydrogens (tertiary/aromatic N) is 3. The Kier molecular flexibility index (Phi) is 5.98. The number of likely N-dealkylation sites (N-methyl/N-ethyl adjacent to an activating group) is 1. The van der Waals surface area contributed by atoms with Crippen LogP contribution in [0, 0.1) is 13.8 Å². The molecular formula is C22H26ClN3O. The van der Waals surface area contributed by atoms with Crippen LogP contribution in [0.25, 0.3) is 0 Å². The van der Waals surface area contributed by atoms with Crippen LogP contribution in [0.4, 0.5) is 0 Å². The predicted molar refractivity (Wildman–Crippen MR) is 111 cm³/mol. The molecule has 2 aromatic carbocycles. The fraction of sp³-hybridized carbons (Fsp3) is 0.364. The molecule has 0 radical (unpaired) electrons. The lowest BCUT2D eigenvalue weighted by Gasteiger charge is -2.25. The first-order valence-corrected chi connectivity index (χ1v) is 9.68. The zero-order chi connectivity index (χ0) is 19.6. The third kappa shape index (κ3) is 4.23. The lowest BCUT2D eigenvalue weighted by atomic mass is 9.94. The standard InChI is InChI=1S/C22H26ClN3O/c1-5-25(4)14-22(27)26-21(18-12-15(2)10-11-16(18)3)13-20(24-26)17-8-6-7-9-19(17)23/h6-12,21H,5,13-14H2,1-4H3. The topological polar surface area (TPSA) is 35.9 Å². The number of amides is 1. The summed E-state index contributed by atoms with van der Waals surface area (Å²) in [6.07, 6.45) is 0.662. The molecule has 1 aliphatic rings. The molecule has 0 fully saturated rings. The highest BCUT2D eigenvalue weighted by molar-refractivity contribution is 6.34. The van der Waals surface area contributed by atoms with Crippen molar-refractivity contribution in [2.75, 3.05) is 20.1 Å². The summed E-state index contributed by atoms with van der Waals surface area (Å²) >= 11 is 6.40. The molecule has 1 heterocycles. The Morgan fingerprint density at radius 1 is 1.26 bits per heavy atom. The van der Waals surface area contributed by atoms with Crippen molar-refractivity contribution < 1.29 is 4.79 Å². The first-order chi connectivity index (χ1) is 12.9. The minimum Gasteiger partial charge on any atom is -0.298 e. The highest BCUT2D eigenvalue weighted by atomic mass is 35.5. The molecule has 1 atom stereocenters. The average Bonchev–Trinajstić information content (AvgIpc) is 3.09. The van der Waals surface area contributed by atoms with Gasteiger partial charge in [-0.25, -0.2) is 5.01 Å². The summed E-state index contributed by atoms with van der Waals surface area (Å²) in [4.78, 5) is 15.0. The first kappa shape index (κ1) is 19.6. The zero-order valence-electron chi connectivity index (χ0n) is 16.4. The number of rotatable bonds is 5. The molecule has 0 N–H and O–H groups in total. The van der Waals surface area contributed by atoms with Gasteiger partial charge < -0.3 is 0 Å². The third-order valence-electron chi connectivity index (χ3n) is 5.09. The van der Waals surface area contributed by atoms with E-state index >= 15 is 0 Å². The maximum Gasteiger partial charge on any atom is 0.257 e. The van der Waals surface area contributed by atoms with E-state index in [-0.39, 0.29) is 11.9 Å². The summed E-state index contributed by atoms with van der Waals surface area (Å²) in [5, 5.41) is 7.05. The highest BCUT2D eigenvalue weighted by Crippen LogP contribution is 2.36. The molecule has 0 saturated heterocycles. The fourth-order valence-corrected chi connectivity index (χ4v) is 3.62. The van der Waals surface area contributed by atoms with E-state index in [4.69, 9.17) is 16.7 Å². The highest BCUT2D eigenvalue weighted by Gasteiger charge is 2.34. The largest absolute Gasteiger partial charge is 0.298 e. The van der Waals surface area contributed by atoms with Gasteiger partial charge in [-0.05, 0) is 44.6 Å². The van der Waals surface area contributed by atoms with Gasteiger partial charge in [-0.15, -0.1) is 0 Å². The van der Waals surface area contributed by atoms with Crippen LogP contribution in [0.5, 0.6) is 0 Å². The molecule has 5 heteroatoms. The van der Waals surface area contributed by atoms with Crippen molar-refractivity contribution in [3.8, 4) is 0 Å². The summed E-state index contributed by atoms with van der Waals surface area (Å²) in [5.41, 5.74) is 5.25. The number of hydrogen-bond acceptors (Lipinski definition) is 3. The van der Waals surface area contributed by atoms with E-state index in [1.807, 2.05) is 43.1 Å². The molecule has 1 aliphatic heterocycles. The maximum atomic E-state index is 13.0. The molecule has 1 amide bonds. The second kappa shape index (κ2) is 8.24. The molecule has 142 valence electrons. The summed E-state index contributed by atoms with van der Waals surface area (Å²) < 4.78 is 0. The van der Waals surface area contributed by atoms with Crippen LogP contribution in [-0.2, 0) is 4.79 Å². The van der Waals surface area contributed by atoms with Crippen molar-refractivity contribution in [1.82, 2.24) is 9.91 Å². The molecule has 0 spiro atoms. The Labute approximate surface area is 166 Å². The lowest BCUT2D eigenvalue weighted by molar-refractivity contribution is -0.133. The summed E-state index contributed by atoms with van der Waals surface area (Å²) in [6, 6.07) is 14.0. The summed E-state index contributed by atoms with van der Waals surface area (Å²) in [5.74, 6) is 0.00677. The van der Waals surface area contributed by atoms with E-state index in [2.05, 4.69) is 32.0 Å². The Hall–Kier alpha value is -2.17. The van der Waals surface area contributed by atoms with E-state index in [0.29, 0.717) is 18.0 Å². The van der Waals surface area contributed by atoms with Crippen molar-refractivity contribution in [1.29, 1.82) is 0 Å². The quantitative estimate of drug-likeness (QED) is 0.757. The van der Waals surface area contributed by atoms with Gasteiger partial charge in [0.1, 0.15) is 0 Å².